The van der Waals surface area contributed by atoms with Gasteiger partial charge in [0.25, 0.3) is 0 Å². The van der Waals surface area contributed by atoms with E-state index in [1.165, 1.54) is 0 Å². The Bertz CT molecular complexity index is 211. The van der Waals surface area contributed by atoms with Crippen molar-refractivity contribution in [3.63, 3.8) is 0 Å². The van der Waals surface area contributed by atoms with Crippen LogP contribution in [-0.2, 0) is 0 Å². The molecule has 3 nitrogen and oxygen atoms in total. The van der Waals surface area contributed by atoms with Gasteiger partial charge in [0.15, 0.2) is 0 Å². The molecule has 0 amide bonds. The monoisotopic (exact) mass is 185 g/mol. The van der Waals surface area contributed by atoms with Crippen molar-refractivity contribution in [3.05, 3.63) is 18.5 Å². The van der Waals surface area contributed by atoms with Gasteiger partial charge in [-0.2, -0.15) is 0 Å². The Morgan fingerprint density at radius 3 is 2.67 bits per heavy atom. The number of rotatable bonds is 4. The fraction of sp³-hybridized carbons (Fsp3) is 0.500. The Hall–Kier alpha value is -0.830. The summed E-state index contributed by atoms with van der Waals surface area (Å²) in [5.41, 5.74) is 0. The van der Waals surface area contributed by atoms with Crippen LogP contribution in [0.3, 0.4) is 0 Å². The van der Waals surface area contributed by atoms with Crippen LogP contribution in [0.25, 0.3) is 0 Å². The molecule has 0 saturated heterocycles. The first-order valence-corrected chi connectivity index (χ1v) is 4.49. The van der Waals surface area contributed by atoms with Gasteiger partial charge >= 0.3 is 0 Å². The fourth-order valence-electron chi connectivity index (χ4n) is 0.806. The number of hydrogen-bond donors (Lipinski definition) is 1. The second kappa shape index (κ2) is 4.93. The Morgan fingerprint density at radius 2 is 2.17 bits per heavy atom. The molecule has 0 radical (unpaired) electrons. The molecule has 1 aromatic rings. The van der Waals surface area contributed by atoms with E-state index in [2.05, 4.69) is 22.2 Å². The van der Waals surface area contributed by atoms with Gasteiger partial charge in [-0.05, 0) is 12.5 Å². The van der Waals surface area contributed by atoms with Gasteiger partial charge < -0.3 is 5.32 Å². The van der Waals surface area contributed by atoms with Crippen molar-refractivity contribution in [1.29, 1.82) is 0 Å². The average molecular weight is 186 g/mol. The minimum atomic E-state index is 0.258. The predicted molar refractivity (Wildman–Crippen MR) is 50.5 cm³/mol. The van der Waals surface area contributed by atoms with Crippen molar-refractivity contribution in [2.45, 2.75) is 19.4 Å². The highest BCUT2D eigenvalue weighted by Gasteiger charge is 2.04. The zero-order valence-electron chi connectivity index (χ0n) is 7.00. The molecule has 66 valence electrons. The van der Waals surface area contributed by atoms with Crippen molar-refractivity contribution in [2.24, 2.45) is 0 Å². The Kier molecular flexibility index (Phi) is 3.80. The maximum absolute atomic E-state index is 5.70. The molecular formula is C8H12ClN3. The summed E-state index contributed by atoms with van der Waals surface area (Å²) in [6, 6.07) is 2.04. The first-order valence-electron chi connectivity index (χ1n) is 3.96. The van der Waals surface area contributed by atoms with Crippen molar-refractivity contribution in [2.75, 3.05) is 11.2 Å². The summed E-state index contributed by atoms with van der Waals surface area (Å²) < 4.78 is 0. The smallest absolute Gasteiger partial charge is 0.222 e. The van der Waals surface area contributed by atoms with Gasteiger partial charge in [0.2, 0.25) is 5.95 Å². The zero-order valence-corrected chi connectivity index (χ0v) is 7.75. The molecule has 1 rings (SSSR count). The molecule has 0 aliphatic carbocycles. The summed E-state index contributed by atoms with van der Waals surface area (Å²) in [5, 5.41) is 3.12. The molecule has 0 aromatic carbocycles. The molecular weight excluding hydrogens is 174 g/mol. The number of aromatic nitrogens is 2. The topological polar surface area (TPSA) is 37.8 Å². The highest BCUT2D eigenvalue weighted by Crippen LogP contribution is 2.02. The molecule has 0 saturated carbocycles. The minimum Gasteiger partial charge on any atom is -0.350 e. The van der Waals surface area contributed by atoms with Crippen LogP contribution >= 0.6 is 11.6 Å². The van der Waals surface area contributed by atoms with Crippen molar-refractivity contribution < 1.29 is 0 Å². The summed E-state index contributed by atoms with van der Waals surface area (Å²) in [7, 11) is 0. The van der Waals surface area contributed by atoms with Gasteiger partial charge in [-0.15, -0.1) is 11.6 Å². The summed E-state index contributed by atoms with van der Waals surface area (Å²) in [6.45, 7) is 2.07. The van der Waals surface area contributed by atoms with E-state index in [0.717, 1.165) is 6.42 Å². The van der Waals surface area contributed by atoms with Crippen LogP contribution in [0.4, 0.5) is 5.95 Å². The SMILES string of the molecule is CCC(CCl)Nc1ncccn1. The summed E-state index contributed by atoms with van der Waals surface area (Å²) in [6.07, 6.45) is 4.38. The average Bonchev–Trinajstić information content (AvgIpc) is 2.16. The van der Waals surface area contributed by atoms with E-state index in [-0.39, 0.29) is 6.04 Å². The minimum absolute atomic E-state index is 0.258. The highest BCUT2D eigenvalue weighted by atomic mass is 35.5. The molecule has 0 aliphatic rings. The largest absolute Gasteiger partial charge is 0.350 e. The summed E-state index contributed by atoms with van der Waals surface area (Å²) in [5.74, 6) is 1.22. The van der Waals surface area contributed by atoms with Gasteiger partial charge in [0.05, 0.1) is 0 Å². The molecule has 1 N–H and O–H groups in total. The molecule has 12 heavy (non-hydrogen) atoms. The summed E-state index contributed by atoms with van der Waals surface area (Å²) >= 11 is 5.70. The third kappa shape index (κ3) is 2.66. The molecule has 1 unspecified atom stereocenters. The van der Waals surface area contributed by atoms with Crippen molar-refractivity contribution in [3.8, 4) is 0 Å². The third-order valence-electron chi connectivity index (χ3n) is 1.58. The van der Waals surface area contributed by atoms with E-state index >= 15 is 0 Å². The van der Waals surface area contributed by atoms with E-state index in [1.807, 2.05) is 0 Å². The lowest BCUT2D eigenvalue weighted by Crippen LogP contribution is -2.21. The number of hydrogen-bond acceptors (Lipinski definition) is 3. The Labute approximate surface area is 77.2 Å². The lowest BCUT2D eigenvalue weighted by atomic mass is 10.3. The van der Waals surface area contributed by atoms with E-state index in [0.29, 0.717) is 11.8 Å². The lowest BCUT2D eigenvalue weighted by molar-refractivity contribution is 0.759. The van der Waals surface area contributed by atoms with Gasteiger partial charge in [-0.3, -0.25) is 0 Å². The van der Waals surface area contributed by atoms with Crippen LogP contribution in [0.1, 0.15) is 13.3 Å². The van der Waals surface area contributed by atoms with Crippen LogP contribution in [-0.4, -0.2) is 21.9 Å². The standard InChI is InChI=1S/C8H12ClN3/c1-2-7(6-9)12-8-10-4-3-5-11-8/h3-5,7H,2,6H2,1H3,(H,10,11,12). The van der Waals surface area contributed by atoms with Crippen LogP contribution in [0, 0.1) is 0 Å². The molecule has 1 atom stereocenters. The first kappa shape index (κ1) is 9.26. The second-order valence-corrected chi connectivity index (χ2v) is 2.78. The predicted octanol–water partition coefficient (Wildman–Crippen LogP) is 1.91. The van der Waals surface area contributed by atoms with Gasteiger partial charge in [0, 0.05) is 24.3 Å². The van der Waals surface area contributed by atoms with E-state index in [4.69, 9.17) is 11.6 Å². The molecule has 0 bridgehead atoms. The van der Waals surface area contributed by atoms with Crippen LogP contribution in [0.2, 0.25) is 0 Å². The fourth-order valence-corrected chi connectivity index (χ4v) is 1.10. The molecule has 1 heterocycles. The molecule has 0 spiro atoms. The number of nitrogens with zero attached hydrogens (tertiary/aromatic N) is 2. The van der Waals surface area contributed by atoms with Crippen LogP contribution in [0.15, 0.2) is 18.5 Å². The Morgan fingerprint density at radius 1 is 1.50 bits per heavy atom. The summed E-state index contributed by atoms with van der Waals surface area (Å²) in [4.78, 5) is 8.07. The zero-order chi connectivity index (χ0) is 8.81. The first-order chi connectivity index (χ1) is 5.86. The molecule has 0 fully saturated rings. The molecule has 4 heteroatoms. The second-order valence-electron chi connectivity index (χ2n) is 2.48. The number of alkyl halides is 1. The van der Waals surface area contributed by atoms with Gasteiger partial charge in [-0.25, -0.2) is 9.97 Å². The molecule has 0 aliphatic heterocycles. The number of nitrogens with one attached hydrogen (secondary N) is 1. The van der Waals surface area contributed by atoms with Gasteiger partial charge in [-0.1, -0.05) is 6.92 Å². The van der Waals surface area contributed by atoms with Crippen LogP contribution in [0.5, 0.6) is 0 Å². The normalized spacial score (nSPS) is 12.5. The number of halogens is 1. The third-order valence-corrected chi connectivity index (χ3v) is 1.95. The number of anilines is 1. The van der Waals surface area contributed by atoms with E-state index in [1.54, 1.807) is 18.5 Å². The van der Waals surface area contributed by atoms with Crippen molar-refractivity contribution in [1.82, 2.24) is 9.97 Å². The lowest BCUT2D eigenvalue weighted by Gasteiger charge is -2.12. The maximum atomic E-state index is 5.70. The van der Waals surface area contributed by atoms with Crippen LogP contribution < -0.4 is 5.32 Å². The quantitative estimate of drug-likeness (QED) is 0.729. The van der Waals surface area contributed by atoms with Crippen molar-refractivity contribution >= 4 is 17.5 Å². The maximum Gasteiger partial charge on any atom is 0.222 e. The Balaban J connectivity index is 2.51. The van der Waals surface area contributed by atoms with E-state index < -0.39 is 0 Å². The van der Waals surface area contributed by atoms with E-state index in [9.17, 15) is 0 Å². The van der Waals surface area contributed by atoms with Gasteiger partial charge in [0.1, 0.15) is 0 Å². The highest BCUT2D eigenvalue weighted by molar-refractivity contribution is 6.18. The molecule has 1 aromatic heterocycles.